The van der Waals surface area contributed by atoms with Crippen LogP contribution >= 0.6 is 63.1 Å². The fraction of sp³-hybridized carbons (Fsp3) is 0. The first-order valence-electron chi connectivity index (χ1n) is 0. The normalized spacial score (nSPS) is 0. The van der Waals surface area contributed by atoms with Crippen LogP contribution in [0.2, 0.25) is 0 Å². The molecular weight excluding hydrogens is 174 g/mol. The van der Waals surface area contributed by atoms with Gasteiger partial charge < -0.3 is 0 Å². The van der Waals surface area contributed by atoms with Crippen molar-refractivity contribution in [2.45, 2.75) is 0 Å². The molecule has 0 aromatic rings. The predicted molar refractivity (Wildman–Crippen MR) is 39.4 cm³/mol. The Hall–Kier alpha value is 1.51. The van der Waals surface area contributed by atoms with Gasteiger partial charge in [-0.3, -0.25) is 0 Å². The molecule has 0 fully saturated rings. The zero-order valence-electron chi connectivity index (χ0n) is 2.13. The summed E-state index contributed by atoms with van der Waals surface area (Å²) in [6.07, 6.45) is 0. The highest BCUT2D eigenvalue weighted by Crippen LogP contribution is 0.693. The van der Waals surface area contributed by atoms with Gasteiger partial charge in [0.25, 0.3) is 0 Å². The summed E-state index contributed by atoms with van der Waals surface area (Å²) < 4.78 is 0. The van der Waals surface area contributed by atoms with Gasteiger partial charge in [0.15, 0.2) is 0 Å². The summed E-state index contributed by atoms with van der Waals surface area (Å²) in [5.74, 6) is 0. The third-order valence-corrected chi connectivity index (χ3v) is 0. The van der Waals surface area contributed by atoms with Crippen molar-refractivity contribution in [2.24, 2.45) is 0 Å². The third-order valence-electron chi connectivity index (χ3n) is 0. The van der Waals surface area contributed by atoms with Crippen LogP contribution in [0.3, 0.4) is 0 Å². The number of halogens is 4. The lowest BCUT2D eigenvalue weighted by Gasteiger charge is -0.197. The Morgan fingerprint density at radius 2 is 0.400 bits per heavy atom. The lowest BCUT2D eigenvalue weighted by atomic mass is 32.1. The summed E-state index contributed by atoms with van der Waals surface area (Å²) in [7, 11) is 0. The first-order valence-corrected chi connectivity index (χ1v) is 0. The Labute approximate surface area is 63.2 Å². The summed E-state index contributed by atoms with van der Waals surface area (Å²) in [4.78, 5) is 0. The van der Waals surface area contributed by atoms with Crippen LogP contribution in [0.5, 0.6) is 0 Å². The molecule has 5 heavy (non-hydrogen) atoms. The van der Waals surface area contributed by atoms with Crippen molar-refractivity contribution >= 4 is 63.1 Å². The van der Waals surface area contributed by atoms with E-state index in [1.165, 1.54) is 0 Å². The van der Waals surface area contributed by atoms with Crippen LogP contribution in [0, 0.1) is 0 Å². The fourth-order valence-electron chi connectivity index (χ4n) is 0. The molecule has 0 rings (SSSR count). The van der Waals surface area contributed by atoms with E-state index in [0.717, 1.165) is 0 Å². The molecule has 0 saturated heterocycles. The molecule has 0 N–H and O–H groups in total. The molecule has 0 saturated carbocycles. The molecule has 0 aliphatic rings. The minimum Gasteiger partial charge on any atom is -0.197 e. The molecule has 40 valence electrons. The zero-order valence-corrected chi connectivity index (χ0v) is 6.40. The maximum absolute atomic E-state index is 0. The molecule has 0 aliphatic carbocycles. The maximum Gasteiger partial charge on any atom is -0.147 e. The average molecular weight is 180 g/mol. The third kappa shape index (κ3) is 29.8. The summed E-state index contributed by atoms with van der Waals surface area (Å²) >= 11 is 0. The van der Waals surface area contributed by atoms with Crippen molar-refractivity contribution in [1.82, 2.24) is 0 Å². The minimum absolute atomic E-state index is 0. The van der Waals surface area contributed by atoms with Gasteiger partial charge in [-0.2, -0.15) is 13.5 Å². The van der Waals surface area contributed by atoms with E-state index in [4.69, 9.17) is 0 Å². The van der Waals surface area contributed by atoms with Crippen molar-refractivity contribution in [3.05, 3.63) is 0 Å². The van der Waals surface area contributed by atoms with Gasteiger partial charge in [0.2, 0.25) is 0 Å². The molecule has 5 heteroatoms. The molecule has 0 aromatic carbocycles. The number of hydrogen-bond acceptors (Lipinski definition) is 0. The van der Waals surface area contributed by atoms with E-state index >= 15 is 0 Å². The maximum atomic E-state index is 0. The van der Waals surface area contributed by atoms with Crippen molar-refractivity contribution < 1.29 is 0 Å². The summed E-state index contributed by atoms with van der Waals surface area (Å²) in [6, 6.07) is 0. The van der Waals surface area contributed by atoms with Gasteiger partial charge in [0.1, 0.15) is 0 Å². The molecule has 0 nitrogen and oxygen atoms in total. The van der Waals surface area contributed by atoms with E-state index in [2.05, 4.69) is 0 Å². The Bertz CT molecular complexity index is 3.61. The molecule has 0 aliphatic heterocycles. The van der Waals surface area contributed by atoms with Crippen molar-refractivity contribution in [2.75, 3.05) is 0 Å². The molecular formula is H6Cl4S. The highest BCUT2D eigenvalue weighted by molar-refractivity contribution is 7.59. The van der Waals surface area contributed by atoms with Crippen LogP contribution < -0.4 is 0 Å². The van der Waals surface area contributed by atoms with Crippen molar-refractivity contribution in [1.29, 1.82) is 0 Å². The molecule has 0 spiro atoms. The van der Waals surface area contributed by atoms with Crippen LogP contribution in [-0.4, -0.2) is 0 Å². The van der Waals surface area contributed by atoms with Gasteiger partial charge in [0, 0.05) is 0 Å². The summed E-state index contributed by atoms with van der Waals surface area (Å²) in [6.45, 7) is 0. The highest BCUT2D eigenvalue weighted by Gasteiger charge is -0.144. The second kappa shape index (κ2) is 49.2. The van der Waals surface area contributed by atoms with Crippen molar-refractivity contribution in [3.8, 4) is 0 Å². The Morgan fingerprint density at radius 1 is 0.400 bits per heavy atom. The van der Waals surface area contributed by atoms with E-state index in [0.29, 0.717) is 0 Å². The lowest BCUT2D eigenvalue weighted by molar-refractivity contribution is 5.85. The summed E-state index contributed by atoms with van der Waals surface area (Å²) in [5.41, 5.74) is 0. The van der Waals surface area contributed by atoms with Gasteiger partial charge in [-0.1, -0.05) is 0 Å². The fourth-order valence-corrected chi connectivity index (χ4v) is 0. The summed E-state index contributed by atoms with van der Waals surface area (Å²) in [5, 5.41) is 0. The molecule has 0 radical (unpaired) electrons. The van der Waals surface area contributed by atoms with E-state index in [1.54, 1.807) is 0 Å². The molecule has 0 bridgehead atoms. The van der Waals surface area contributed by atoms with Crippen LogP contribution in [0.15, 0.2) is 0 Å². The molecule has 0 aromatic heterocycles. The average Bonchev–Trinajstić information content (AvgIpc) is 0. The first kappa shape index (κ1) is 86.7. The predicted octanol–water partition coefficient (Wildman–Crippen LogP) is 1.80. The number of rotatable bonds is 0. The second-order valence-electron chi connectivity index (χ2n) is 0. The zero-order chi connectivity index (χ0) is 0. The Morgan fingerprint density at radius 3 is 0.400 bits per heavy atom. The SMILES string of the molecule is Cl.Cl.Cl.Cl.S. The molecule has 0 heterocycles. The van der Waals surface area contributed by atoms with E-state index in [1.807, 2.05) is 0 Å². The van der Waals surface area contributed by atoms with Crippen LogP contribution in [-0.2, 0) is 0 Å². The van der Waals surface area contributed by atoms with E-state index < -0.39 is 0 Å². The molecule has 0 atom stereocenters. The van der Waals surface area contributed by atoms with Gasteiger partial charge in [-0.15, -0.1) is 49.6 Å². The number of hydrogen-bond donors (Lipinski definition) is 0. The van der Waals surface area contributed by atoms with Crippen molar-refractivity contribution in [3.63, 3.8) is 0 Å². The smallest absolute Gasteiger partial charge is 0.147 e. The standard InChI is InChI=1S/4ClH.H2S/h4*1H;1H2. The largest absolute Gasteiger partial charge is 0.197 e. The van der Waals surface area contributed by atoms with Gasteiger partial charge in [-0.05, 0) is 0 Å². The quantitative estimate of drug-likeness (QED) is 0.533. The second-order valence-corrected chi connectivity index (χ2v) is 0. The highest BCUT2D eigenvalue weighted by atomic mass is 35.5. The van der Waals surface area contributed by atoms with Gasteiger partial charge in [-0.25, -0.2) is 0 Å². The van der Waals surface area contributed by atoms with E-state index in [9.17, 15) is 0 Å². The van der Waals surface area contributed by atoms with Gasteiger partial charge in [0.05, 0.1) is 0 Å². The monoisotopic (exact) mass is 178 g/mol. The van der Waals surface area contributed by atoms with Crippen LogP contribution in [0.25, 0.3) is 0 Å². The Kier molecular flexibility index (Phi) is 852. The van der Waals surface area contributed by atoms with Crippen LogP contribution in [0.1, 0.15) is 0 Å². The first-order chi connectivity index (χ1) is 0. The van der Waals surface area contributed by atoms with Crippen LogP contribution in [0.4, 0.5) is 0 Å². The topological polar surface area (TPSA) is 0 Å². The minimum atomic E-state index is 0. The molecule has 0 amide bonds. The Balaban J connectivity index is 0. The van der Waals surface area contributed by atoms with Gasteiger partial charge >= 0.3 is 0 Å². The molecule has 0 unspecified atom stereocenters. The lowest BCUT2D eigenvalue weighted by Crippen LogP contribution is 0.648. The van der Waals surface area contributed by atoms with E-state index in [-0.39, 0.29) is 63.1 Å².